The molecule has 0 amide bonds. The lowest BCUT2D eigenvalue weighted by Gasteiger charge is -2.27. The average Bonchev–Trinajstić information content (AvgIpc) is 2.68. The molecule has 0 aromatic carbocycles. The van der Waals surface area contributed by atoms with Crippen molar-refractivity contribution in [3.8, 4) is 0 Å². The second kappa shape index (κ2) is 6.56. The molecule has 0 bridgehead atoms. The first-order chi connectivity index (χ1) is 9.06. The molecule has 3 atom stereocenters. The van der Waals surface area contributed by atoms with Gasteiger partial charge in [-0.2, -0.15) is 5.10 Å². The van der Waals surface area contributed by atoms with E-state index in [2.05, 4.69) is 37.4 Å². The molecule has 0 aliphatic heterocycles. The molecule has 1 fully saturated rings. The zero-order valence-electron chi connectivity index (χ0n) is 12.9. The fourth-order valence-electron chi connectivity index (χ4n) is 3.48. The Kier molecular flexibility index (Phi) is 5.03. The van der Waals surface area contributed by atoms with Gasteiger partial charge >= 0.3 is 0 Å². The van der Waals surface area contributed by atoms with Crippen LogP contribution in [-0.2, 0) is 7.05 Å². The van der Waals surface area contributed by atoms with Gasteiger partial charge in [0.05, 0.1) is 5.69 Å². The van der Waals surface area contributed by atoms with Gasteiger partial charge in [0.15, 0.2) is 0 Å². The Morgan fingerprint density at radius 2 is 2.26 bits per heavy atom. The lowest BCUT2D eigenvalue weighted by Crippen LogP contribution is -2.24. The summed E-state index contributed by atoms with van der Waals surface area (Å²) in [5.41, 5.74) is 2.48. The highest BCUT2D eigenvalue weighted by molar-refractivity contribution is 5.19. The maximum absolute atomic E-state index is 4.42. The predicted molar refractivity (Wildman–Crippen MR) is 80.1 cm³/mol. The number of rotatable bonds is 5. The van der Waals surface area contributed by atoms with E-state index in [1.807, 2.05) is 11.7 Å². The third-order valence-corrected chi connectivity index (χ3v) is 4.57. The lowest BCUT2D eigenvalue weighted by atomic mass is 9.81. The second-order valence-electron chi connectivity index (χ2n) is 6.45. The van der Waals surface area contributed by atoms with Crippen molar-refractivity contribution in [3.63, 3.8) is 0 Å². The molecular formula is C16H29N3. The maximum Gasteiger partial charge on any atom is 0.0641 e. The van der Waals surface area contributed by atoms with Crippen molar-refractivity contribution >= 4 is 0 Å². The zero-order chi connectivity index (χ0) is 13.8. The van der Waals surface area contributed by atoms with Crippen LogP contribution in [0.3, 0.4) is 0 Å². The number of aromatic nitrogens is 2. The summed E-state index contributed by atoms with van der Waals surface area (Å²) < 4.78 is 1.91. The molecule has 1 saturated carbocycles. The van der Waals surface area contributed by atoms with Crippen LogP contribution in [0.5, 0.6) is 0 Å². The predicted octanol–water partition coefficient (Wildman–Crippen LogP) is 3.60. The van der Waals surface area contributed by atoms with Crippen LogP contribution >= 0.6 is 0 Å². The molecule has 1 aliphatic rings. The molecule has 3 unspecified atom stereocenters. The summed E-state index contributed by atoms with van der Waals surface area (Å²) >= 11 is 0. The Hall–Kier alpha value is -0.830. The number of aryl methyl sites for hydroxylation is 2. The Morgan fingerprint density at radius 1 is 1.47 bits per heavy atom. The number of hydrogen-bond donors (Lipinski definition) is 1. The van der Waals surface area contributed by atoms with E-state index in [0.717, 1.165) is 24.1 Å². The van der Waals surface area contributed by atoms with Gasteiger partial charge in [-0.15, -0.1) is 0 Å². The molecular weight excluding hydrogens is 234 g/mol. The molecule has 1 aromatic rings. The van der Waals surface area contributed by atoms with E-state index in [9.17, 15) is 0 Å². The quantitative estimate of drug-likeness (QED) is 0.879. The molecule has 0 radical (unpaired) electrons. The molecule has 0 saturated heterocycles. The SMILES string of the molecule is Cc1nn(C)cc1C(C)NCCC1CCCC(C)C1. The second-order valence-corrected chi connectivity index (χ2v) is 6.45. The third kappa shape index (κ3) is 4.07. The van der Waals surface area contributed by atoms with E-state index in [4.69, 9.17) is 0 Å². The maximum atomic E-state index is 4.42. The van der Waals surface area contributed by atoms with Crippen molar-refractivity contribution in [1.29, 1.82) is 0 Å². The summed E-state index contributed by atoms with van der Waals surface area (Å²) in [6, 6.07) is 0.412. The lowest BCUT2D eigenvalue weighted by molar-refractivity contribution is 0.265. The highest BCUT2D eigenvalue weighted by atomic mass is 15.3. The topological polar surface area (TPSA) is 29.9 Å². The van der Waals surface area contributed by atoms with Crippen LogP contribution in [-0.4, -0.2) is 16.3 Å². The van der Waals surface area contributed by atoms with Crippen molar-refractivity contribution < 1.29 is 0 Å². The summed E-state index contributed by atoms with van der Waals surface area (Å²) in [6.45, 7) is 7.87. The molecule has 3 nitrogen and oxygen atoms in total. The van der Waals surface area contributed by atoms with Crippen molar-refractivity contribution in [2.45, 2.75) is 58.9 Å². The molecule has 0 spiro atoms. The van der Waals surface area contributed by atoms with Gasteiger partial charge in [0.1, 0.15) is 0 Å². The highest BCUT2D eigenvalue weighted by Gasteiger charge is 2.19. The Morgan fingerprint density at radius 3 is 2.89 bits per heavy atom. The summed E-state index contributed by atoms with van der Waals surface area (Å²) in [7, 11) is 1.99. The smallest absolute Gasteiger partial charge is 0.0641 e. The molecule has 1 N–H and O–H groups in total. The van der Waals surface area contributed by atoms with Crippen LogP contribution < -0.4 is 5.32 Å². The fourth-order valence-corrected chi connectivity index (χ4v) is 3.48. The fraction of sp³-hybridized carbons (Fsp3) is 0.812. The first-order valence-electron chi connectivity index (χ1n) is 7.79. The van der Waals surface area contributed by atoms with Gasteiger partial charge < -0.3 is 5.32 Å². The molecule has 108 valence electrons. The summed E-state index contributed by atoms with van der Waals surface area (Å²) in [4.78, 5) is 0. The first kappa shape index (κ1) is 14.6. The molecule has 1 aromatic heterocycles. The number of nitrogens with zero attached hydrogens (tertiary/aromatic N) is 2. The molecule has 1 aliphatic carbocycles. The summed E-state index contributed by atoms with van der Waals surface area (Å²) in [6.07, 6.45) is 9.20. The van der Waals surface area contributed by atoms with Crippen molar-refractivity contribution in [2.75, 3.05) is 6.54 Å². The molecule has 19 heavy (non-hydrogen) atoms. The monoisotopic (exact) mass is 263 g/mol. The van der Waals surface area contributed by atoms with Gasteiger partial charge in [0, 0.05) is 24.8 Å². The van der Waals surface area contributed by atoms with E-state index in [0.29, 0.717) is 6.04 Å². The molecule has 1 heterocycles. The van der Waals surface area contributed by atoms with Crippen molar-refractivity contribution in [1.82, 2.24) is 15.1 Å². The van der Waals surface area contributed by atoms with Gasteiger partial charge in [-0.25, -0.2) is 0 Å². The molecule has 3 heteroatoms. The molecule has 2 rings (SSSR count). The minimum Gasteiger partial charge on any atom is -0.310 e. The van der Waals surface area contributed by atoms with E-state index >= 15 is 0 Å². The Labute approximate surface area is 117 Å². The van der Waals surface area contributed by atoms with E-state index in [1.54, 1.807) is 0 Å². The minimum absolute atomic E-state index is 0.412. The third-order valence-electron chi connectivity index (χ3n) is 4.57. The first-order valence-corrected chi connectivity index (χ1v) is 7.79. The van der Waals surface area contributed by atoms with E-state index < -0.39 is 0 Å². The normalized spacial score (nSPS) is 25.5. The minimum atomic E-state index is 0.412. The summed E-state index contributed by atoms with van der Waals surface area (Å²) in [5.74, 6) is 1.88. The van der Waals surface area contributed by atoms with Crippen LogP contribution in [0.2, 0.25) is 0 Å². The number of hydrogen-bond acceptors (Lipinski definition) is 2. The largest absolute Gasteiger partial charge is 0.310 e. The van der Waals surface area contributed by atoms with E-state index in [-0.39, 0.29) is 0 Å². The van der Waals surface area contributed by atoms with Crippen LogP contribution in [0.4, 0.5) is 0 Å². The average molecular weight is 263 g/mol. The summed E-state index contributed by atoms with van der Waals surface area (Å²) in [5, 5.41) is 8.08. The van der Waals surface area contributed by atoms with Crippen molar-refractivity contribution in [2.24, 2.45) is 18.9 Å². The van der Waals surface area contributed by atoms with Gasteiger partial charge in [0.25, 0.3) is 0 Å². The Balaban J connectivity index is 1.74. The van der Waals surface area contributed by atoms with Gasteiger partial charge in [-0.1, -0.05) is 26.2 Å². The van der Waals surface area contributed by atoms with Gasteiger partial charge in [-0.3, -0.25) is 4.68 Å². The highest BCUT2D eigenvalue weighted by Crippen LogP contribution is 2.30. The van der Waals surface area contributed by atoms with Gasteiger partial charge in [-0.05, 0) is 45.1 Å². The standard InChI is InChI=1S/C16H29N3/c1-12-6-5-7-15(10-12)8-9-17-13(2)16-11-19(4)18-14(16)3/h11-13,15,17H,5-10H2,1-4H3. The number of nitrogens with one attached hydrogen (secondary N) is 1. The van der Waals surface area contributed by atoms with Crippen LogP contribution in [0.25, 0.3) is 0 Å². The zero-order valence-corrected chi connectivity index (χ0v) is 12.9. The van der Waals surface area contributed by atoms with E-state index in [1.165, 1.54) is 37.7 Å². The van der Waals surface area contributed by atoms with Crippen LogP contribution in [0.1, 0.15) is 63.3 Å². The van der Waals surface area contributed by atoms with Gasteiger partial charge in [0.2, 0.25) is 0 Å². The van der Waals surface area contributed by atoms with Crippen molar-refractivity contribution in [3.05, 3.63) is 17.5 Å². The van der Waals surface area contributed by atoms with Crippen LogP contribution in [0, 0.1) is 18.8 Å². The van der Waals surface area contributed by atoms with Crippen LogP contribution in [0.15, 0.2) is 6.20 Å². The Bertz CT molecular complexity index is 397.